The van der Waals surface area contributed by atoms with Gasteiger partial charge in [-0.3, -0.25) is 0 Å². The topological polar surface area (TPSA) is 52.6 Å². The molecule has 0 aliphatic heterocycles. The van der Waals surface area contributed by atoms with Crippen molar-refractivity contribution in [3.8, 4) is 0 Å². The van der Waals surface area contributed by atoms with E-state index in [0.29, 0.717) is 5.57 Å². The molecule has 21 heavy (non-hydrogen) atoms. The van der Waals surface area contributed by atoms with Crippen LogP contribution in [0.3, 0.4) is 0 Å². The monoisotopic (exact) mass is 296 g/mol. The predicted molar refractivity (Wildman–Crippen MR) is 81.7 cm³/mol. The number of hydrogen-bond acceptors (Lipinski definition) is 4. The van der Waals surface area contributed by atoms with Crippen LogP contribution in [0.4, 0.5) is 0 Å². The summed E-state index contributed by atoms with van der Waals surface area (Å²) in [5, 5.41) is 0. The zero-order chi connectivity index (χ0) is 16.3. The second kappa shape index (κ2) is 6.63. The van der Waals surface area contributed by atoms with E-state index in [9.17, 15) is 9.59 Å². The average molecular weight is 296 g/mol. The molecular weight excluding hydrogens is 268 g/mol. The van der Waals surface area contributed by atoms with Crippen molar-refractivity contribution < 1.29 is 19.1 Å². The third-order valence-corrected chi connectivity index (χ3v) is 3.11. The van der Waals surface area contributed by atoms with Crippen molar-refractivity contribution in [3.63, 3.8) is 0 Å². The van der Waals surface area contributed by atoms with E-state index >= 15 is 0 Å². The minimum absolute atomic E-state index is 0.104. The van der Waals surface area contributed by atoms with Crippen molar-refractivity contribution in [2.45, 2.75) is 78.4 Å². The van der Waals surface area contributed by atoms with Gasteiger partial charge in [-0.15, -0.1) is 0 Å². The molecule has 1 aliphatic carbocycles. The Hall–Kier alpha value is -1.32. The normalized spacial score (nSPS) is 17.7. The van der Waals surface area contributed by atoms with E-state index < -0.39 is 23.1 Å². The van der Waals surface area contributed by atoms with Gasteiger partial charge in [-0.2, -0.15) is 0 Å². The molecule has 0 radical (unpaired) electrons. The van der Waals surface area contributed by atoms with Crippen LogP contribution in [0.15, 0.2) is 11.6 Å². The molecule has 0 N–H and O–H groups in total. The van der Waals surface area contributed by atoms with Gasteiger partial charge in [-0.05, 0) is 60.3 Å². The van der Waals surface area contributed by atoms with Gasteiger partial charge >= 0.3 is 11.9 Å². The van der Waals surface area contributed by atoms with E-state index in [0.717, 1.165) is 25.7 Å². The molecule has 0 amide bonds. The number of carbonyl (C=O) groups excluding carboxylic acids is 2. The molecule has 1 fully saturated rings. The fourth-order valence-corrected chi connectivity index (χ4v) is 2.38. The predicted octanol–water partition coefficient (Wildman–Crippen LogP) is 3.79. The van der Waals surface area contributed by atoms with Crippen LogP contribution in [-0.2, 0) is 19.1 Å². The number of carbonyl (C=O) groups is 2. The summed E-state index contributed by atoms with van der Waals surface area (Å²) in [5.74, 6) is -0.775. The largest absolute Gasteiger partial charge is 0.457 e. The molecular formula is C17H28O4. The maximum atomic E-state index is 12.3. The first kappa shape index (κ1) is 17.7. The Bertz CT molecular complexity index is 415. The molecule has 1 aliphatic rings. The van der Waals surface area contributed by atoms with Crippen LogP contribution in [0.2, 0.25) is 0 Å². The molecule has 0 unspecified atom stereocenters. The Kier molecular flexibility index (Phi) is 5.60. The molecule has 0 atom stereocenters. The molecule has 0 heterocycles. The Morgan fingerprint density at radius 3 is 1.81 bits per heavy atom. The fourth-order valence-electron chi connectivity index (χ4n) is 2.38. The fraction of sp³-hybridized carbons (Fsp3) is 0.765. The maximum Gasteiger partial charge on any atom is 0.335 e. The summed E-state index contributed by atoms with van der Waals surface area (Å²) in [4.78, 5) is 24.3. The highest BCUT2D eigenvalue weighted by molar-refractivity contribution is 5.97. The van der Waals surface area contributed by atoms with Crippen molar-refractivity contribution in [1.82, 2.24) is 0 Å². The van der Waals surface area contributed by atoms with Crippen LogP contribution in [-0.4, -0.2) is 23.1 Å². The lowest BCUT2D eigenvalue weighted by Crippen LogP contribution is -2.28. The van der Waals surface area contributed by atoms with Crippen molar-refractivity contribution >= 4 is 11.9 Å². The van der Waals surface area contributed by atoms with E-state index in [1.165, 1.54) is 6.08 Å². The lowest BCUT2D eigenvalue weighted by Gasteiger charge is -2.23. The van der Waals surface area contributed by atoms with Crippen molar-refractivity contribution in [2.75, 3.05) is 0 Å². The van der Waals surface area contributed by atoms with Gasteiger partial charge in [-0.1, -0.05) is 12.8 Å². The van der Waals surface area contributed by atoms with Crippen LogP contribution >= 0.6 is 0 Å². The summed E-state index contributed by atoms with van der Waals surface area (Å²) in [5.41, 5.74) is -0.679. The van der Waals surface area contributed by atoms with Gasteiger partial charge in [0.1, 0.15) is 11.2 Å². The highest BCUT2D eigenvalue weighted by atomic mass is 16.6. The number of rotatable bonds is 3. The summed E-state index contributed by atoms with van der Waals surface area (Å²) in [6.07, 6.45) is 5.34. The van der Waals surface area contributed by atoms with Crippen LogP contribution < -0.4 is 0 Å². The zero-order valence-electron chi connectivity index (χ0n) is 14.1. The first-order chi connectivity index (χ1) is 9.48. The smallest absolute Gasteiger partial charge is 0.335 e. The highest BCUT2D eigenvalue weighted by Crippen LogP contribution is 2.32. The highest BCUT2D eigenvalue weighted by Gasteiger charge is 2.29. The van der Waals surface area contributed by atoms with Gasteiger partial charge in [-0.25, -0.2) is 9.59 Å². The molecule has 0 spiro atoms. The van der Waals surface area contributed by atoms with Gasteiger partial charge in [0.05, 0.1) is 0 Å². The van der Waals surface area contributed by atoms with E-state index in [2.05, 4.69) is 0 Å². The van der Waals surface area contributed by atoms with Gasteiger partial charge in [0.15, 0.2) is 0 Å². The van der Waals surface area contributed by atoms with Gasteiger partial charge in [0.2, 0.25) is 0 Å². The second-order valence-corrected chi connectivity index (χ2v) is 7.62. The Morgan fingerprint density at radius 2 is 1.38 bits per heavy atom. The molecule has 0 saturated heterocycles. The molecule has 4 heteroatoms. The first-order valence-corrected chi connectivity index (χ1v) is 7.66. The summed E-state index contributed by atoms with van der Waals surface area (Å²) < 4.78 is 10.7. The SMILES string of the molecule is CC(C)(C)OC(=O)/C=C(/C(=O)OC(C)(C)C)C1CCCC1. The van der Waals surface area contributed by atoms with Crippen LogP contribution in [0, 0.1) is 5.92 Å². The molecule has 1 saturated carbocycles. The molecule has 0 aromatic heterocycles. The standard InChI is InChI=1S/C17H28O4/c1-16(2,3)20-14(18)11-13(12-9-7-8-10-12)15(19)21-17(4,5)6/h11-12H,7-10H2,1-6H3/b13-11+. The Labute approximate surface area is 127 Å². The lowest BCUT2D eigenvalue weighted by molar-refractivity contribution is -0.153. The molecule has 0 aromatic carbocycles. The Balaban J connectivity index is 2.91. The number of hydrogen-bond donors (Lipinski definition) is 0. The third-order valence-electron chi connectivity index (χ3n) is 3.11. The van der Waals surface area contributed by atoms with Crippen molar-refractivity contribution in [2.24, 2.45) is 5.92 Å². The average Bonchev–Trinajstić information content (AvgIpc) is 2.73. The van der Waals surface area contributed by atoms with Crippen LogP contribution in [0.25, 0.3) is 0 Å². The quantitative estimate of drug-likeness (QED) is 0.587. The van der Waals surface area contributed by atoms with E-state index in [-0.39, 0.29) is 5.92 Å². The van der Waals surface area contributed by atoms with E-state index in [4.69, 9.17) is 9.47 Å². The third kappa shape index (κ3) is 6.78. The van der Waals surface area contributed by atoms with Gasteiger partial charge in [0, 0.05) is 11.6 Å². The lowest BCUT2D eigenvalue weighted by atomic mass is 9.96. The van der Waals surface area contributed by atoms with Gasteiger partial charge < -0.3 is 9.47 Å². The Morgan fingerprint density at radius 1 is 0.905 bits per heavy atom. The first-order valence-electron chi connectivity index (χ1n) is 7.66. The van der Waals surface area contributed by atoms with E-state index in [1.807, 2.05) is 41.5 Å². The summed E-state index contributed by atoms with van der Waals surface area (Å²) >= 11 is 0. The summed E-state index contributed by atoms with van der Waals surface area (Å²) in [6.45, 7) is 10.9. The minimum Gasteiger partial charge on any atom is -0.457 e. The van der Waals surface area contributed by atoms with Gasteiger partial charge in [0.25, 0.3) is 0 Å². The summed E-state index contributed by atoms with van der Waals surface area (Å²) in [7, 11) is 0. The van der Waals surface area contributed by atoms with Crippen molar-refractivity contribution in [1.29, 1.82) is 0 Å². The maximum absolute atomic E-state index is 12.3. The molecule has 1 rings (SSSR count). The summed E-state index contributed by atoms with van der Waals surface area (Å²) in [6, 6.07) is 0. The minimum atomic E-state index is -0.567. The molecule has 120 valence electrons. The van der Waals surface area contributed by atoms with Crippen molar-refractivity contribution in [3.05, 3.63) is 11.6 Å². The van der Waals surface area contributed by atoms with E-state index in [1.54, 1.807) is 0 Å². The molecule has 0 bridgehead atoms. The molecule has 0 aromatic rings. The number of ether oxygens (including phenoxy) is 2. The number of esters is 2. The van der Waals surface area contributed by atoms with Crippen LogP contribution in [0.5, 0.6) is 0 Å². The second-order valence-electron chi connectivity index (χ2n) is 7.62. The van der Waals surface area contributed by atoms with Crippen LogP contribution in [0.1, 0.15) is 67.2 Å². The zero-order valence-corrected chi connectivity index (χ0v) is 14.1. The molecule has 4 nitrogen and oxygen atoms in total.